The van der Waals surface area contributed by atoms with E-state index in [0.717, 1.165) is 17.5 Å². The standard InChI is InChI=1S/C12H21N5O2/c1-7(2)8(3)14-11(18)17-12(19)16(13-4)10(15-17)9-5-6-9/h7-9,13H,5-6H2,1-4H3,(H,14,18). The van der Waals surface area contributed by atoms with Crippen molar-refractivity contribution in [1.29, 1.82) is 0 Å². The number of carbonyl (C=O) groups is 1. The second kappa shape index (κ2) is 5.07. The van der Waals surface area contributed by atoms with E-state index in [1.807, 2.05) is 20.8 Å². The second-order valence-electron chi connectivity index (χ2n) is 5.37. The molecule has 1 saturated carbocycles. The van der Waals surface area contributed by atoms with E-state index in [4.69, 9.17) is 0 Å². The van der Waals surface area contributed by atoms with Crippen molar-refractivity contribution in [3.63, 3.8) is 0 Å². The predicted octanol–water partition coefficient (Wildman–Crippen LogP) is 0.698. The summed E-state index contributed by atoms with van der Waals surface area (Å²) in [5.41, 5.74) is 2.33. The lowest BCUT2D eigenvalue weighted by atomic mass is 10.1. The topological polar surface area (TPSA) is 81.0 Å². The number of nitrogens with one attached hydrogen (secondary N) is 2. The maximum Gasteiger partial charge on any atom is 0.373 e. The van der Waals surface area contributed by atoms with Gasteiger partial charge < -0.3 is 10.7 Å². The van der Waals surface area contributed by atoms with Crippen LogP contribution in [0.2, 0.25) is 0 Å². The van der Waals surface area contributed by atoms with E-state index >= 15 is 0 Å². The van der Waals surface area contributed by atoms with Gasteiger partial charge in [-0.3, -0.25) is 0 Å². The zero-order valence-corrected chi connectivity index (χ0v) is 11.8. The summed E-state index contributed by atoms with van der Waals surface area (Å²) >= 11 is 0. The Morgan fingerprint density at radius 2 is 2.00 bits per heavy atom. The average molecular weight is 267 g/mol. The van der Waals surface area contributed by atoms with E-state index in [0.29, 0.717) is 11.7 Å². The number of hydrogen-bond donors (Lipinski definition) is 2. The molecule has 1 amide bonds. The van der Waals surface area contributed by atoms with Crippen LogP contribution >= 0.6 is 0 Å². The van der Waals surface area contributed by atoms with Crippen molar-refractivity contribution in [3.8, 4) is 0 Å². The Labute approximate surface area is 112 Å². The summed E-state index contributed by atoms with van der Waals surface area (Å²) in [5.74, 6) is 1.23. The molecule has 1 heterocycles. The first kappa shape index (κ1) is 13.6. The predicted molar refractivity (Wildman–Crippen MR) is 72.0 cm³/mol. The summed E-state index contributed by atoms with van der Waals surface area (Å²) in [4.78, 5) is 24.1. The molecule has 19 heavy (non-hydrogen) atoms. The molecule has 0 bridgehead atoms. The number of hydrogen-bond acceptors (Lipinski definition) is 4. The number of carbonyl (C=O) groups excluding carboxylic acids is 1. The molecule has 106 valence electrons. The van der Waals surface area contributed by atoms with Crippen LogP contribution in [-0.4, -0.2) is 33.6 Å². The molecule has 1 aliphatic rings. The van der Waals surface area contributed by atoms with Crippen molar-refractivity contribution in [2.75, 3.05) is 12.5 Å². The molecule has 1 atom stereocenters. The summed E-state index contributed by atoms with van der Waals surface area (Å²) in [6.45, 7) is 5.93. The fraction of sp³-hybridized carbons (Fsp3) is 0.750. The summed E-state index contributed by atoms with van der Waals surface area (Å²) in [6, 6.07) is -0.481. The first-order chi connectivity index (χ1) is 8.95. The van der Waals surface area contributed by atoms with Gasteiger partial charge in [-0.2, -0.15) is 4.68 Å². The van der Waals surface area contributed by atoms with Crippen molar-refractivity contribution in [1.82, 2.24) is 19.8 Å². The van der Waals surface area contributed by atoms with Crippen LogP contribution in [0.1, 0.15) is 45.4 Å². The first-order valence-corrected chi connectivity index (χ1v) is 6.66. The maximum atomic E-state index is 12.1. The summed E-state index contributed by atoms with van der Waals surface area (Å²) in [7, 11) is 1.65. The highest BCUT2D eigenvalue weighted by atomic mass is 16.2. The molecule has 1 unspecified atom stereocenters. The SMILES string of the molecule is CNn1c(C2CC2)nn(C(=O)NC(C)C(C)C)c1=O. The Balaban J connectivity index is 2.25. The van der Waals surface area contributed by atoms with Gasteiger partial charge in [0.1, 0.15) is 0 Å². The van der Waals surface area contributed by atoms with Gasteiger partial charge in [-0.25, -0.2) is 9.59 Å². The fourth-order valence-corrected chi connectivity index (χ4v) is 1.75. The van der Waals surface area contributed by atoms with Gasteiger partial charge in [0.15, 0.2) is 5.82 Å². The Bertz CT molecular complexity index is 527. The molecule has 0 aliphatic heterocycles. The average Bonchev–Trinajstić information content (AvgIpc) is 3.13. The second-order valence-corrected chi connectivity index (χ2v) is 5.37. The summed E-state index contributed by atoms with van der Waals surface area (Å²) < 4.78 is 2.25. The lowest BCUT2D eigenvalue weighted by Crippen LogP contribution is -2.44. The quantitative estimate of drug-likeness (QED) is 0.841. The molecule has 1 aromatic heterocycles. The van der Waals surface area contributed by atoms with Gasteiger partial charge in [0.2, 0.25) is 0 Å². The van der Waals surface area contributed by atoms with E-state index in [9.17, 15) is 9.59 Å². The number of nitrogens with zero attached hydrogens (tertiary/aromatic N) is 3. The molecular weight excluding hydrogens is 246 g/mol. The molecule has 0 spiro atoms. The zero-order chi connectivity index (χ0) is 14.2. The largest absolute Gasteiger partial charge is 0.373 e. The molecule has 1 fully saturated rings. The highest BCUT2D eigenvalue weighted by Crippen LogP contribution is 2.38. The molecule has 0 aromatic carbocycles. The minimum absolute atomic E-state index is 0.0106. The van der Waals surface area contributed by atoms with Gasteiger partial charge in [0, 0.05) is 19.0 Å². The van der Waals surface area contributed by atoms with Crippen LogP contribution in [0.25, 0.3) is 0 Å². The summed E-state index contributed by atoms with van der Waals surface area (Å²) in [6.07, 6.45) is 2.03. The number of aromatic nitrogens is 3. The fourth-order valence-electron chi connectivity index (χ4n) is 1.75. The van der Waals surface area contributed by atoms with Crippen LogP contribution < -0.4 is 16.4 Å². The molecule has 0 radical (unpaired) electrons. The highest BCUT2D eigenvalue weighted by Gasteiger charge is 2.32. The minimum Gasteiger partial charge on any atom is -0.333 e. The third-order valence-corrected chi connectivity index (χ3v) is 3.51. The van der Waals surface area contributed by atoms with Crippen molar-refractivity contribution in [3.05, 3.63) is 16.3 Å². The van der Waals surface area contributed by atoms with Crippen LogP contribution in [0, 0.1) is 5.92 Å². The minimum atomic E-state index is -0.470. The van der Waals surface area contributed by atoms with Crippen LogP contribution in [0.5, 0.6) is 0 Å². The van der Waals surface area contributed by atoms with E-state index in [1.54, 1.807) is 7.05 Å². The monoisotopic (exact) mass is 267 g/mol. The molecule has 7 heteroatoms. The van der Waals surface area contributed by atoms with Gasteiger partial charge in [-0.15, -0.1) is 9.78 Å². The van der Waals surface area contributed by atoms with Crippen LogP contribution in [0.4, 0.5) is 4.79 Å². The van der Waals surface area contributed by atoms with Gasteiger partial charge in [0.05, 0.1) is 0 Å². The molecule has 2 rings (SSSR count). The molecule has 1 aromatic rings. The molecule has 2 N–H and O–H groups in total. The Hall–Kier alpha value is -1.79. The van der Waals surface area contributed by atoms with Gasteiger partial charge in [0.25, 0.3) is 0 Å². The van der Waals surface area contributed by atoms with E-state index in [2.05, 4.69) is 15.8 Å². The molecule has 7 nitrogen and oxygen atoms in total. The zero-order valence-electron chi connectivity index (χ0n) is 11.8. The van der Waals surface area contributed by atoms with E-state index in [-0.39, 0.29) is 12.0 Å². The first-order valence-electron chi connectivity index (χ1n) is 6.66. The third-order valence-electron chi connectivity index (χ3n) is 3.51. The maximum absolute atomic E-state index is 12.1. The molecule has 0 saturated heterocycles. The Kier molecular flexibility index (Phi) is 3.64. The summed E-state index contributed by atoms with van der Waals surface area (Å²) in [5, 5.41) is 6.93. The normalized spacial score (nSPS) is 16.5. The van der Waals surface area contributed by atoms with Crippen LogP contribution in [0.3, 0.4) is 0 Å². The van der Waals surface area contributed by atoms with E-state index in [1.165, 1.54) is 4.68 Å². The smallest absolute Gasteiger partial charge is 0.333 e. The number of rotatable bonds is 4. The van der Waals surface area contributed by atoms with Crippen molar-refractivity contribution >= 4 is 6.03 Å². The van der Waals surface area contributed by atoms with Crippen molar-refractivity contribution in [2.24, 2.45) is 5.92 Å². The number of amides is 1. The van der Waals surface area contributed by atoms with Crippen LogP contribution in [-0.2, 0) is 0 Å². The van der Waals surface area contributed by atoms with Crippen molar-refractivity contribution < 1.29 is 4.79 Å². The van der Waals surface area contributed by atoms with Gasteiger partial charge in [-0.1, -0.05) is 13.8 Å². The van der Waals surface area contributed by atoms with Gasteiger partial charge >= 0.3 is 11.7 Å². The lowest BCUT2D eigenvalue weighted by molar-refractivity contribution is 0.232. The van der Waals surface area contributed by atoms with E-state index < -0.39 is 11.7 Å². The van der Waals surface area contributed by atoms with Gasteiger partial charge in [-0.05, 0) is 25.7 Å². The molecule has 1 aliphatic carbocycles. The van der Waals surface area contributed by atoms with Crippen molar-refractivity contribution in [2.45, 2.75) is 45.6 Å². The molecular formula is C12H21N5O2. The Morgan fingerprint density at radius 1 is 1.37 bits per heavy atom. The van der Waals surface area contributed by atoms with Crippen LogP contribution in [0.15, 0.2) is 4.79 Å². The Morgan fingerprint density at radius 3 is 2.47 bits per heavy atom. The highest BCUT2D eigenvalue weighted by molar-refractivity contribution is 5.75. The lowest BCUT2D eigenvalue weighted by Gasteiger charge is -2.16. The third kappa shape index (κ3) is 2.64.